The molecule has 0 fully saturated rings. The van der Waals surface area contributed by atoms with Crippen molar-refractivity contribution in [1.82, 2.24) is 0 Å². The second-order valence-electron chi connectivity index (χ2n) is 3.04. The molecule has 10 heavy (non-hydrogen) atoms. The van der Waals surface area contributed by atoms with E-state index < -0.39 is 11.7 Å². The number of aliphatic hydroxyl groups excluding tert-OH is 1. The zero-order valence-electron chi connectivity index (χ0n) is 6.67. The van der Waals surface area contributed by atoms with Gasteiger partial charge in [-0.25, -0.2) is 0 Å². The van der Waals surface area contributed by atoms with Crippen LogP contribution in [0.15, 0.2) is 12.7 Å². The van der Waals surface area contributed by atoms with Crippen LogP contribution in [-0.4, -0.2) is 21.9 Å². The molecule has 0 aromatic carbocycles. The molecule has 2 N–H and O–H groups in total. The first kappa shape index (κ1) is 9.66. The van der Waals surface area contributed by atoms with Gasteiger partial charge in [0.15, 0.2) is 0 Å². The number of aliphatic hydroxyl groups is 2. The van der Waals surface area contributed by atoms with Gasteiger partial charge in [0.25, 0.3) is 0 Å². The summed E-state index contributed by atoms with van der Waals surface area (Å²) in [7, 11) is 0. The molecule has 0 spiro atoms. The van der Waals surface area contributed by atoms with Crippen molar-refractivity contribution in [3.8, 4) is 0 Å². The third kappa shape index (κ3) is 3.64. The van der Waals surface area contributed by atoms with E-state index in [2.05, 4.69) is 6.58 Å². The molecule has 2 heteroatoms. The van der Waals surface area contributed by atoms with Crippen LogP contribution >= 0.6 is 0 Å². The summed E-state index contributed by atoms with van der Waals surface area (Å²) in [5, 5.41) is 18.4. The lowest BCUT2D eigenvalue weighted by atomic mass is 9.98. The van der Waals surface area contributed by atoms with Crippen LogP contribution in [0.1, 0.15) is 26.7 Å². The van der Waals surface area contributed by atoms with E-state index in [4.69, 9.17) is 0 Å². The fraction of sp³-hybridized carbons (Fsp3) is 0.750. The Hall–Kier alpha value is -0.340. The highest BCUT2D eigenvalue weighted by Crippen LogP contribution is 2.12. The standard InChI is InChI=1S/C8H16O2/c1-4-5-6-7(9)8(2,3)10/h4,7,9-10H,1,5-6H2,2-3H3/t7-/m1/s1. The van der Waals surface area contributed by atoms with Gasteiger partial charge in [-0.2, -0.15) is 0 Å². The Labute approximate surface area is 62.2 Å². The first-order valence-electron chi connectivity index (χ1n) is 3.50. The SMILES string of the molecule is C=CCC[C@@H](O)C(C)(C)O. The van der Waals surface area contributed by atoms with Crippen LogP contribution in [0.25, 0.3) is 0 Å². The van der Waals surface area contributed by atoms with Crippen molar-refractivity contribution in [3.63, 3.8) is 0 Å². The molecule has 0 aliphatic rings. The summed E-state index contributed by atoms with van der Waals surface area (Å²) >= 11 is 0. The minimum atomic E-state index is -0.983. The Balaban J connectivity index is 3.61. The average molecular weight is 144 g/mol. The second-order valence-corrected chi connectivity index (χ2v) is 3.04. The van der Waals surface area contributed by atoms with Crippen LogP contribution in [0.2, 0.25) is 0 Å². The van der Waals surface area contributed by atoms with E-state index >= 15 is 0 Å². The summed E-state index contributed by atoms with van der Waals surface area (Å²) in [6.45, 7) is 6.72. The van der Waals surface area contributed by atoms with Gasteiger partial charge in [0.05, 0.1) is 11.7 Å². The lowest BCUT2D eigenvalue weighted by Crippen LogP contribution is -2.35. The van der Waals surface area contributed by atoms with Crippen molar-refractivity contribution in [2.45, 2.75) is 38.4 Å². The van der Waals surface area contributed by atoms with Crippen molar-refractivity contribution < 1.29 is 10.2 Å². The molecular weight excluding hydrogens is 128 g/mol. The first-order chi connectivity index (χ1) is 4.48. The Morgan fingerprint density at radius 2 is 2.10 bits per heavy atom. The van der Waals surface area contributed by atoms with Crippen molar-refractivity contribution in [2.24, 2.45) is 0 Å². The number of hydrogen-bond donors (Lipinski definition) is 2. The van der Waals surface area contributed by atoms with E-state index in [1.54, 1.807) is 19.9 Å². The summed E-state index contributed by atoms with van der Waals surface area (Å²) in [6.07, 6.45) is 2.40. The minimum Gasteiger partial charge on any atom is -0.390 e. The van der Waals surface area contributed by atoms with Crippen molar-refractivity contribution >= 4 is 0 Å². The fourth-order valence-electron chi connectivity index (χ4n) is 0.629. The number of rotatable bonds is 4. The smallest absolute Gasteiger partial charge is 0.0849 e. The van der Waals surface area contributed by atoms with E-state index in [1.807, 2.05) is 0 Å². The summed E-state index contributed by atoms with van der Waals surface area (Å²) in [5.74, 6) is 0. The Bertz CT molecular complexity index is 102. The zero-order chi connectivity index (χ0) is 8.20. The van der Waals surface area contributed by atoms with Crippen molar-refractivity contribution in [3.05, 3.63) is 12.7 Å². The molecular formula is C8H16O2. The van der Waals surface area contributed by atoms with Crippen LogP contribution in [-0.2, 0) is 0 Å². The summed E-state index contributed by atoms with van der Waals surface area (Å²) in [6, 6.07) is 0. The van der Waals surface area contributed by atoms with Gasteiger partial charge in [-0.05, 0) is 26.7 Å². The second kappa shape index (κ2) is 3.74. The summed E-state index contributed by atoms with van der Waals surface area (Å²) < 4.78 is 0. The van der Waals surface area contributed by atoms with Gasteiger partial charge in [-0.3, -0.25) is 0 Å². The third-order valence-electron chi connectivity index (χ3n) is 1.46. The largest absolute Gasteiger partial charge is 0.390 e. The molecule has 0 rings (SSSR count). The summed E-state index contributed by atoms with van der Waals surface area (Å²) in [4.78, 5) is 0. The Morgan fingerprint density at radius 3 is 2.40 bits per heavy atom. The predicted octanol–water partition coefficient (Wildman–Crippen LogP) is 1.08. The Kier molecular flexibility index (Phi) is 3.61. The van der Waals surface area contributed by atoms with Gasteiger partial charge >= 0.3 is 0 Å². The van der Waals surface area contributed by atoms with Gasteiger partial charge in [-0.1, -0.05) is 6.08 Å². The van der Waals surface area contributed by atoms with E-state index in [0.717, 1.165) is 6.42 Å². The number of hydrogen-bond acceptors (Lipinski definition) is 2. The molecule has 0 amide bonds. The topological polar surface area (TPSA) is 40.5 Å². The quantitative estimate of drug-likeness (QED) is 0.580. The highest BCUT2D eigenvalue weighted by molar-refractivity contribution is 4.79. The van der Waals surface area contributed by atoms with Gasteiger partial charge in [0.2, 0.25) is 0 Å². The average Bonchev–Trinajstić information content (AvgIpc) is 1.80. The van der Waals surface area contributed by atoms with Gasteiger partial charge in [0.1, 0.15) is 0 Å². The molecule has 1 atom stereocenters. The van der Waals surface area contributed by atoms with Crippen LogP contribution < -0.4 is 0 Å². The van der Waals surface area contributed by atoms with E-state index in [1.165, 1.54) is 0 Å². The normalized spacial score (nSPS) is 14.8. The number of allylic oxidation sites excluding steroid dienone is 1. The van der Waals surface area contributed by atoms with Crippen LogP contribution in [0.4, 0.5) is 0 Å². The predicted molar refractivity (Wildman–Crippen MR) is 41.7 cm³/mol. The lowest BCUT2D eigenvalue weighted by Gasteiger charge is -2.23. The molecule has 0 aliphatic heterocycles. The Morgan fingerprint density at radius 1 is 1.60 bits per heavy atom. The fourth-order valence-corrected chi connectivity index (χ4v) is 0.629. The van der Waals surface area contributed by atoms with E-state index in [-0.39, 0.29) is 0 Å². The zero-order valence-corrected chi connectivity index (χ0v) is 6.67. The van der Waals surface area contributed by atoms with Gasteiger partial charge in [-0.15, -0.1) is 6.58 Å². The van der Waals surface area contributed by atoms with Gasteiger partial charge < -0.3 is 10.2 Å². The molecule has 2 nitrogen and oxygen atoms in total. The molecule has 0 radical (unpaired) electrons. The highest BCUT2D eigenvalue weighted by atomic mass is 16.3. The van der Waals surface area contributed by atoms with Gasteiger partial charge in [0, 0.05) is 0 Å². The molecule has 0 aliphatic carbocycles. The maximum Gasteiger partial charge on any atom is 0.0849 e. The van der Waals surface area contributed by atoms with Crippen LogP contribution in [0.3, 0.4) is 0 Å². The van der Waals surface area contributed by atoms with E-state index in [0.29, 0.717) is 6.42 Å². The molecule has 0 aromatic heterocycles. The maximum absolute atomic E-state index is 9.23. The van der Waals surface area contributed by atoms with Crippen molar-refractivity contribution in [1.29, 1.82) is 0 Å². The molecule has 0 unspecified atom stereocenters. The molecule has 60 valence electrons. The molecule has 0 bridgehead atoms. The molecule has 0 saturated heterocycles. The minimum absolute atomic E-state index is 0.576. The molecule has 0 aromatic rings. The monoisotopic (exact) mass is 144 g/mol. The first-order valence-corrected chi connectivity index (χ1v) is 3.50. The molecule has 0 saturated carbocycles. The highest BCUT2D eigenvalue weighted by Gasteiger charge is 2.22. The lowest BCUT2D eigenvalue weighted by molar-refractivity contribution is -0.0506. The maximum atomic E-state index is 9.23. The van der Waals surface area contributed by atoms with Crippen LogP contribution in [0.5, 0.6) is 0 Å². The van der Waals surface area contributed by atoms with Crippen molar-refractivity contribution in [2.75, 3.05) is 0 Å². The summed E-state index contributed by atoms with van der Waals surface area (Å²) in [5.41, 5.74) is -0.983. The molecule has 0 heterocycles. The third-order valence-corrected chi connectivity index (χ3v) is 1.46. The van der Waals surface area contributed by atoms with Crippen LogP contribution in [0, 0.1) is 0 Å². The van der Waals surface area contributed by atoms with E-state index in [9.17, 15) is 10.2 Å².